The Balaban J connectivity index is 1.62. The molecule has 0 amide bonds. The lowest BCUT2D eigenvalue weighted by molar-refractivity contribution is -0.135. The molecule has 4 aliphatic carbocycles. The minimum Gasteiger partial charge on any atom is -0.393 e. The molecule has 0 saturated heterocycles. The maximum Gasteiger partial charge on any atom is 0.139 e. The summed E-state index contributed by atoms with van der Waals surface area (Å²) in [6.45, 7) is 4.68. The van der Waals surface area contributed by atoms with E-state index < -0.39 is 0 Å². The summed E-state index contributed by atoms with van der Waals surface area (Å²) in [5, 5.41) is 10.0. The highest BCUT2D eigenvalue weighted by molar-refractivity contribution is 5.87. The molecule has 0 aromatic rings. The average Bonchev–Trinajstić information content (AvgIpc) is 2.76. The summed E-state index contributed by atoms with van der Waals surface area (Å²) in [6, 6.07) is 0. The van der Waals surface area contributed by atoms with E-state index in [1.807, 2.05) is 0 Å². The van der Waals surface area contributed by atoms with Gasteiger partial charge in [-0.3, -0.25) is 4.79 Å². The van der Waals surface area contributed by atoms with E-state index in [-0.39, 0.29) is 11.5 Å². The van der Waals surface area contributed by atoms with Crippen LogP contribution in [0.2, 0.25) is 0 Å². The Hall–Kier alpha value is -0.370. The van der Waals surface area contributed by atoms with Gasteiger partial charge in [0.05, 0.1) is 6.10 Å². The summed E-state index contributed by atoms with van der Waals surface area (Å²) in [5.41, 5.74) is 0.0158. The zero-order valence-electron chi connectivity index (χ0n) is 13.6. The number of hydrogen-bond donors (Lipinski definition) is 1. The van der Waals surface area contributed by atoms with Crippen LogP contribution in [0.25, 0.3) is 0 Å². The monoisotopic (exact) mass is 290 g/mol. The Morgan fingerprint density at radius 2 is 1.76 bits per heavy atom. The van der Waals surface area contributed by atoms with Gasteiger partial charge in [-0.25, -0.2) is 0 Å². The van der Waals surface area contributed by atoms with Crippen LogP contribution in [-0.4, -0.2) is 17.0 Å². The van der Waals surface area contributed by atoms with Gasteiger partial charge in [-0.2, -0.15) is 0 Å². The zero-order chi connectivity index (χ0) is 14.8. The number of aliphatic hydroxyl groups excluding tert-OH is 1. The number of carbonyl (C=O) groups is 1. The van der Waals surface area contributed by atoms with Gasteiger partial charge in [-0.15, -0.1) is 0 Å². The Labute approximate surface area is 128 Å². The average molecular weight is 290 g/mol. The number of carbonyl (C=O) groups excluding carboxylic acids is 1. The van der Waals surface area contributed by atoms with Crippen LogP contribution in [0.4, 0.5) is 0 Å². The van der Waals surface area contributed by atoms with Crippen LogP contribution in [0.1, 0.15) is 65.2 Å². The van der Waals surface area contributed by atoms with Crippen molar-refractivity contribution in [3.8, 4) is 0 Å². The van der Waals surface area contributed by atoms with Crippen LogP contribution in [0.5, 0.6) is 0 Å². The highest BCUT2D eigenvalue weighted by Gasteiger charge is 2.57. The molecule has 0 radical (unpaired) electrons. The first-order valence-corrected chi connectivity index (χ1v) is 9.22. The van der Waals surface area contributed by atoms with Gasteiger partial charge >= 0.3 is 0 Å². The van der Waals surface area contributed by atoms with Crippen molar-refractivity contribution in [1.29, 1.82) is 0 Å². The number of aliphatic hydroxyl groups is 1. The first kappa shape index (κ1) is 14.2. The number of fused-ring (bicyclic) bond motifs is 5. The summed E-state index contributed by atoms with van der Waals surface area (Å²) in [4.78, 5) is 12.4. The quantitative estimate of drug-likeness (QED) is 0.736. The second-order valence-electron chi connectivity index (χ2n) is 8.86. The molecule has 1 N–H and O–H groups in total. The third-order valence-electron chi connectivity index (χ3n) is 8.05. The van der Waals surface area contributed by atoms with Crippen LogP contribution < -0.4 is 0 Å². The number of hydrogen-bond acceptors (Lipinski definition) is 2. The minimum atomic E-state index is -0.0489. The van der Waals surface area contributed by atoms with Gasteiger partial charge in [0.2, 0.25) is 0 Å². The van der Waals surface area contributed by atoms with Crippen molar-refractivity contribution in [2.75, 3.05) is 0 Å². The van der Waals surface area contributed by atoms with Crippen molar-refractivity contribution in [3.63, 3.8) is 0 Å². The van der Waals surface area contributed by atoms with E-state index in [2.05, 4.69) is 13.8 Å². The van der Waals surface area contributed by atoms with E-state index in [0.717, 1.165) is 61.7 Å². The van der Waals surface area contributed by atoms with Crippen molar-refractivity contribution >= 4 is 5.78 Å². The fraction of sp³-hybridized carbons (Fsp3) is 0.947. The molecule has 1 unspecified atom stereocenters. The second kappa shape index (κ2) is 4.81. The SMILES string of the molecule is C[C@H]1C[C@@H]2[C@H](CC[C@]3(C)C(=O)CC[C@@H]23)[C@H]2CCC(O)C[C@H]21. The molecule has 118 valence electrons. The van der Waals surface area contributed by atoms with Crippen LogP contribution >= 0.6 is 0 Å². The Bertz CT molecular complexity index is 445. The fourth-order valence-corrected chi connectivity index (χ4v) is 6.95. The van der Waals surface area contributed by atoms with Gasteiger partial charge in [0.1, 0.15) is 5.78 Å². The maximum absolute atomic E-state index is 12.4. The predicted octanol–water partition coefficient (Wildman–Crippen LogP) is 3.82. The van der Waals surface area contributed by atoms with Gasteiger partial charge in [0, 0.05) is 11.8 Å². The van der Waals surface area contributed by atoms with Crippen LogP contribution in [-0.2, 0) is 4.79 Å². The summed E-state index contributed by atoms with van der Waals surface area (Å²) < 4.78 is 0. The summed E-state index contributed by atoms with van der Waals surface area (Å²) >= 11 is 0. The Morgan fingerprint density at radius 1 is 1.00 bits per heavy atom. The third kappa shape index (κ3) is 1.97. The molecular weight excluding hydrogens is 260 g/mol. The Kier molecular flexibility index (Phi) is 3.26. The molecule has 0 heterocycles. The van der Waals surface area contributed by atoms with Gasteiger partial charge < -0.3 is 5.11 Å². The molecule has 0 aliphatic heterocycles. The number of ketones is 1. The molecule has 2 nitrogen and oxygen atoms in total. The summed E-state index contributed by atoms with van der Waals surface area (Å²) in [5.74, 6) is 5.19. The molecule has 8 atom stereocenters. The highest BCUT2D eigenvalue weighted by atomic mass is 16.3. The van der Waals surface area contributed by atoms with E-state index in [0.29, 0.717) is 11.7 Å². The molecule has 4 saturated carbocycles. The van der Waals surface area contributed by atoms with Crippen molar-refractivity contribution in [2.24, 2.45) is 40.9 Å². The molecule has 4 aliphatic rings. The fourth-order valence-electron chi connectivity index (χ4n) is 6.95. The van der Waals surface area contributed by atoms with E-state index in [1.165, 1.54) is 19.3 Å². The van der Waals surface area contributed by atoms with Crippen LogP contribution in [0.3, 0.4) is 0 Å². The second-order valence-corrected chi connectivity index (χ2v) is 8.86. The van der Waals surface area contributed by atoms with Gasteiger partial charge in [0.25, 0.3) is 0 Å². The van der Waals surface area contributed by atoms with Crippen molar-refractivity contribution < 1.29 is 9.90 Å². The first-order valence-electron chi connectivity index (χ1n) is 9.22. The largest absolute Gasteiger partial charge is 0.393 e. The smallest absolute Gasteiger partial charge is 0.139 e. The molecule has 4 fully saturated rings. The van der Waals surface area contributed by atoms with E-state index in [9.17, 15) is 9.90 Å². The molecule has 4 rings (SSSR count). The zero-order valence-corrected chi connectivity index (χ0v) is 13.6. The highest BCUT2D eigenvalue weighted by Crippen LogP contribution is 2.62. The molecular formula is C19H30O2. The van der Waals surface area contributed by atoms with Gasteiger partial charge in [-0.05, 0) is 80.5 Å². The topological polar surface area (TPSA) is 37.3 Å². The minimum absolute atomic E-state index is 0.0158. The van der Waals surface area contributed by atoms with E-state index >= 15 is 0 Å². The van der Waals surface area contributed by atoms with E-state index in [4.69, 9.17) is 0 Å². The van der Waals surface area contributed by atoms with Crippen molar-refractivity contribution in [1.82, 2.24) is 0 Å². The first-order chi connectivity index (χ1) is 10.0. The number of Topliss-reactive ketones (excluding diaryl/α,β-unsaturated/α-hetero) is 1. The summed E-state index contributed by atoms with van der Waals surface area (Å²) in [7, 11) is 0. The third-order valence-corrected chi connectivity index (χ3v) is 8.05. The van der Waals surface area contributed by atoms with Crippen LogP contribution in [0.15, 0.2) is 0 Å². The summed E-state index contributed by atoms with van der Waals surface area (Å²) in [6.07, 6.45) is 8.95. The predicted molar refractivity (Wildman–Crippen MR) is 82.7 cm³/mol. The molecule has 0 aromatic heterocycles. The number of rotatable bonds is 0. The maximum atomic E-state index is 12.4. The van der Waals surface area contributed by atoms with E-state index in [1.54, 1.807) is 0 Å². The lowest BCUT2D eigenvalue weighted by Crippen LogP contribution is -2.51. The molecule has 0 aromatic carbocycles. The molecule has 0 bridgehead atoms. The van der Waals surface area contributed by atoms with Crippen molar-refractivity contribution in [2.45, 2.75) is 71.3 Å². The normalized spacial score (nSPS) is 56.5. The lowest BCUT2D eigenvalue weighted by Gasteiger charge is -2.56. The molecule has 2 heteroatoms. The van der Waals surface area contributed by atoms with Crippen LogP contribution in [0, 0.1) is 40.9 Å². The molecule has 21 heavy (non-hydrogen) atoms. The Morgan fingerprint density at radius 3 is 2.57 bits per heavy atom. The van der Waals surface area contributed by atoms with Crippen molar-refractivity contribution in [3.05, 3.63) is 0 Å². The van der Waals surface area contributed by atoms with Gasteiger partial charge in [-0.1, -0.05) is 13.8 Å². The molecule has 0 spiro atoms. The standard InChI is InChI=1S/C19H30O2/c1-11-9-16-14(13-4-3-12(20)10-15(11)13)7-8-19(2)17(16)5-6-18(19)21/h11-17,20H,3-10H2,1-2H3/t11-,12?,13+,14+,15-,16+,17-,19-/m0/s1. The lowest BCUT2D eigenvalue weighted by atomic mass is 9.48. The van der Waals surface area contributed by atoms with Gasteiger partial charge in [0.15, 0.2) is 0 Å².